The molecule has 0 spiro atoms. The van der Waals surface area contributed by atoms with Crippen molar-refractivity contribution in [3.63, 3.8) is 0 Å². The maximum atomic E-state index is 12.6. The van der Waals surface area contributed by atoms with E-state index < -0.39 is 11.7 Å². The van der Waals surface area contributed by atoms with Gasteiger partial charge in [-0.05, 0) is 68.0 Å². The highest BCUT2D eigenvalue weighted by molar-refractivity contribution is 5.86. The first-order chi connectivity index (χ1) is 14.8. The van der Waals surface area contributed by atoms with Crippen LogP contribution in [0.15, 0.2) is 60.7 Å². The molecule has 0 saturated carbocycles. The zero-order valence-electron chi connectivity index (χ0n) is 17.6. The van der Waals surface area contributed by atoms with Gasteiger partial charge in [0.2, 0.25) is 0 Å². The van der Waals surface area contributed by atoms with Crippen molar-refractivity contribution < 1.29 is 27.4 Å². The Morgan fingerprint density at radius 2 is 1.39 bits per heavy atom. The summed E-state index contributed by atoms with van der Waals surface area (Å²) in [6, 6.07) is 12.6. The van der Waals surface area contributed by atoms with Crippen molar-refractivity contribution in [2.45, 2.75) is 38.8 Å². The summed E-state index contributed by atoms with van der Waals surface area (Å²) in [6.45, 7) is 6.17. The molecule has 0 bridgehead atoms. The summed E-state index contributed by atoms with van der Waals surface area (Å²) < 4.78 is 48.5. The average molecular weight is 432 g/mol. The number of hydrogen-bond acceptors (Lipinski definition) is 3. The minimum absolute atomic E-state index is 0.346. The first-order valence-corrected chi connectivity index (χ1v) is 10.2. The molecule has 3 nitrogen and oxygen atoms in total. The van der Waals surface area contributed by atoms with Crippen LogP contribution >= 0.6 is 0 Å². The van der Waals surface area contributed by atoms with Crippen LogP contribution in [0.4, 0.5) is 13.2 Å². The van der Waals surface area contributed by atoms with Crippen LogP contribution in [0.1, 0.15) is 49.3 Å². The fraction of sp³-hybridized carbons (Fsp3) is 0.320. The van der Waals surface area contributed by atoms with Crippen LogP contribution in [0.25, 0.3) is 12.2 Å². The fourth-order valence-electron chi connectivity index (χ4n) is 2.69. The Balaban J connectivity index is 1.66. The van der Waals surface area contributed by atoms with Crippen molar-refractivity contribution in [3.8, 4) is 5.75 Å². The minimum Gasteiger partial charge on any atom is -0.494 e. The molecule has 2 rings (SSSR count). The van der Waals surface area contributed by atoms with E-state index >= 15 is 0 Å². The van der Waals surface area contributed by atoms with Gasteiger partial charge in [-0.3, -0.25) is 0 Å². The molecule has 6 heteroatoms. The lowest BCUT2D eigenvalue weighted by Gasteiger charge is -2.07. The Kier molecular flexibility index (Phi) is 9.38. The largest absolute Gasteiger partial charge is 0.494 e. The summed E-state index contributed by atoms with van der Waals surface area (Å²) in [4.78, 5) is 11.2. The van der Waals surface area contributed by atoms with Gasteiger partial charge in [0, 0.05) is 5.57 Å². The van der Waals surface area contributed by atoms with E-state index in [1.807, 2.05) is 30.3 Å². The Hall–Kier alpha value is -3.02. The van der Waals surface area contributed by atoms with Gasteiger partial charge in [-0.25, -0.2) is 4.79 Å². The van der Waals surface area contributed by atoms with Crippen LogP contribution in [0, 0.1) is 0 Å². The van der Waals surface area contributed by atoms with Gasteiger partial charge in [0.05, 0.1) is 18.8 Å². The average Bonchev–Trinajstić information content (AvgIpc) is 2.74. The van der Waals surface area contributed by atoms with Crippen LogP contribution in [-0.2, 0) is 15.7 Å². The standard InChI is InChI=1S/C25H27F3O3/c1-19(2)24(29)31-18-6-4-3-5-17-30-23-15-11-21(12-16-23)8-7-20-9-13-22(14-10-20)25(26,27)28/h7-16H,1,3-6,17-18H2,2H3/b8-7+. The number of rotatable bonds is 11. The van der Waals surface area contributed by atoms with Crippen molar-refractivity contribution in [2.24, 2.45) is 0 Å². The van der Waals surface area contributed by atoms with Gasteiger partial charge in [0.1, 0.15) is 5.75 Å². The normalized spacial score (nSPS) is 11.5. The Bertz CT molecular complexity index is 866. The number of esters is 1. The van der Waals surface area contributed by atoms with Gasteiger partial charge in [0.15, 0.2) is 0 Å². The van der Waals surface area contributed by atoms with E-state index in [0.717, 1.165) is 49.1 Å². The molecule has 0 aliphatic rings. The number of unbranched alkanes of at least 4 members (excludes halogenated alkanes) is 3. The highest BCUT2D eigenvalue weighted by Crippen LogP contribution is 2.29. The van der Waals surface area contributed by atoms with E-state index in [1.165, 1.54) is 12.1 Å². The molecule has 31 heavy (non-hydrogen) atoms. The summed E-state index contributed by atoms with van der Waals surface area (Å²) >= 11 is 0. The number of benzene rings is 2. The predicted molar refractivity (Wildman–Crippen MR) is 117 cm³/mol. The van der Waals surface area contributed by atoms with Crippen molar-refractivity contribution in [1.29, 1.82) is 0 Å². The third-order valence-corrected chi connectivity index (χ3v) is 4.48. The molecule has 2 aromatic carbocycles. The summed E-state index contributed by atoms with van der Waals surface area (Å²) in [5.41, 5.74) is 1.38. The van der Waals surface area contributed by atoms with Crippen LogP contribution in [0.5, 0.6) is 5.75 Å². The summed E-state index contributed by atoms with van der Waals surface area (Å²) in [6.07, 6.45) is 2.95. The third-order valence-electron chi connectivity index (χ3n) is 4.48. The van der Waals surface area contributed by atoms with E-state index in [4.69, 9.17) is 9.47 Å². The van der Waals surface area contributed by atoms with E-state index in [0.29, 0.717) is 24.4 Å². The number of carbonyl (C=O) groups excluding carboxylic acids is 1. The minimum atomic E-state index is -4.32. The molecule has 0 amide bonds. The van der Waals surface area contributed by atoms with E-state index in [-0.39, 0.29) is 5.97 Å². The molecule has 0 heterocycles. The molecule has 2 aromatic rings. The Labute approximate surface area is 181 Å². The van der Waals surface area contributed by atoms with Gasteiger partial charge in [-0.1, -0.05) is 43.0 Å². The molecule has 0 N–H and O–H groups in total. The number of halogens is 3. The van der Waals surface area contributed by atoms with Crippen molar-refractivity contribution in [2.75, 3.05) is 13.2 Å². The Morgan fingerprint density at radius 1 is 0.871 bits per heavy atom. The molecule has 0 aliphatic heterocycles. The quantitative estimate of drug-likeness (QED) is 0.167. The summed E-state index contributed by atoms with van der Waals surface area (Å²) in [7, 11) is 0. The first-order valence-electron chi connectivity index (χ1n) is 10.2. The van der Waals surface area contributed by atoms with Crippen molar-refractivity contribution >= 4 is 18.1 Å². The molecule has 0 unspecified atom stereocenters. The van der Waals surface area contributed by atoms with Gasteiger partial charge >= 0.3 is 12.1 Å². The second-order valence-electron chi connectivity index (χ2n) is 7.20. The maximum absolute atomic E-state index is 12.6. The number of carbonyl (C=O) groups is 1. The monoisotopic (exact) mass is 432 g/mol. The lowest BCUT2D eigenvalue weighted by molar-refractivity contribution is -0.139. The summed E-state index contributed by atoms with van der Waals surface area (Å²) in [5, 5.41) is 0. The second-order valence-corrected chi connectivity index (χ2v) is 7.20. The SMILES string of the molecule is C=C(C)C(=O)OCCCCCCOc1ccc(/C=C/c2ccc(C(F)(F)F)cc2)cc1. The molecule has 0 atom stereocenters. The van der Waals surface area contributed by atoms with Gasteiger partial charge in [-0.15, -0.1) is 0 Å². The molecule has 0 saturated heterocycles. The summed E-state index contributed by atoms with van der Waals surface area (Å²) in [5.74, 6) is 0.419. The zero-order chi connectivity index (χ0) is 22.7. The zero-order valence-corrected chi connectivity index (χ0v) is 17.6. The van der Waals surface area contributed by atoms with Crippen LogP contribution in [0.3, 0.4) is 0 Å². The highest BCUT2D eigenvalue weighted by atomic mass is 19.4. The van der Waals surface area contributed by atoms with E-state index in [9.17, 15) is 18.0 Å². The molecule has 0 aliphatic carbocycles. The molecule has 166 valence electrons. The molecule has 0 radical (unpaired) electrons. The van der Waals surface area contributed by atoms with Crippen LogP contribution < -0.4 is 4.74 Å². The smallest absolute Gasteiger partial charge is 0.416 e. The second kappa shape index (κ2) is 12.0. The van der Waals surface area contributed by atoms with Gasteiger partial charge in [-0.2, -0.15) is 13.2 Å². The number of ether oxygens (including phenoxy) is 2. The molecule has 0 fully saturated rings. The Morgan fingerprint density at radius 3 is 1.90 bits per heavy atom. The van der Waals surface area contributed by atoms with Crippen molar-refractivity contribution in [1.82, 2.24) is 0 Å². The first kappa shape index (κ1) is 24.3. The lowest BCUT2D eigenvalue weighted by Crippen LogP contribution is -2.06. The van der Waals surface area contributed by atoms with Gasteiger partial charge < -0.3 is 9.47 Å². The topological polar surface area (TPSA) is 35.5 Å². The number of alkyl halides is 3. The lowest BCUT2D eigenvalue weighted by atomic mass is 10.1. The van der Waals surface area contributed by atoms with Crippen LogP contribution in [0.2, 0.25) is 0 Å². The van der Waals surface area contributed by atoms with Crippen LogP contribution in [-0.4, -0.2) is 19.2 Å². The van der Waals surface area contributed by atoms with Gasteiger partial charge in [0.25, 0.3) is 0 Å². The van der Waals surface area contributed by atoms with Crippen molar-refractivity contribution in [3.05, 3.63) is 77.4 Å². The van der Waals surface area contributed by atoms with E-state index in [1.54, 1.807) is 13.0 Å². The fourth-order valence-corrected chi connectivity index (χ4v) is 2.69. The maximum Gasteiger partial charge on any atom is 0.416 e. The molecular formula is C25H27F3O3. The third kappa shape index (κ3) is 9.11. The molecule has 0 aromatic heterocycles. The predicted octanol–water partition coefficient (Wildman–Crippen LogP) is 6.93. The molecular weight excluding hydrogens is 405 g/mol. The van der Waals surface area contributed by atoms with E-state index in [2.05, 4.69) is 6.58 Å². The highest BCUT2D eigenvalue weighted by Gasteiger charge is 2.29. The number of hydrogen-bond donors (Lipinski definition) is 0.